The molecule has 1 unspecified atom stereocenters. The van der Waals surface area contributed by atoms with Crippen LogP contribution in [0.5, 0.6) is 0 Å². The van der Waals surface area contributed by atoms with Gasteiger partial charge in [-0.2, -0.15) is 0 Å². The average Bonchev–Trinajstić information content (AvgIpc) is 2.05. The smallest absolute Gasteiger partial charge is 0.382 e. The first kappa shape index (κ1) is 9.44. The Kier molecular flexibility index (Phi) is 3.02. The second-order valence-electron chi connectivity index (χ2n) is 2.89. The molecule has 0 aromatic heterocycles. The van der Waals surface area contributed by atoms with E-state index >= 15 is 0 Å². The van der Waals surface area contributed by atoms with Gasteiger partial charge in [-0.1, -0.05) is 6.58 Å². The van der Waals surface area contributed by atoms with Gasteiger partial charge in [0, 0.05) is 6.61 Å². The lowest BCUT2D eigenvalue weighted by Gasteiger charge is -2.29. The summed E-state index contributed by atoms with van der Waals surface area (Å²) in [7, 11) is -2.39. The summed E-state index contributed by atoms with van der Waals surface area (Å²) in [5.74, 6) is -0.230. The molecule has 0 spiro atoms. The van der Waals surface area contributed by atoms with Gasteiger partial charge < -0.3 is 14.8 Å². The zero-order valence-electron chi connectivity index (χ0n) is 7.01. The molecule has 1 fully saturated rings. The van der Waals surface area contributed by atoms with Gasteiger partial charge in [0.15, 0.2) is 0 Å². The fourth-order valence-electron chi connectivity index (χ4n) is 1.17. The maximum atomic E-state index is 10.9. The minimum absolute atomic E-state index is 0.230. The second-order valence-corrected chi connectivity index (χ2v) is 5.71. The average molecular weight is 186 g/mol. The molecule has 4 nitrogen and oxygen atoms in total. The molecule has 0 saturated carbocycles. The van der Waals surface area contributed by atoms with Crippen LogP contribution in [-0.4, -0.2) is 21.2 Å². The summed E-state index contributed by atoms with van der Waals surface area (Å²) in [5, 5.41) is 5.87. The zero-order valence-corrected chi connectivity index (χ0v) is 8.01. The maximum Gasteiger partial charge on any atom is 0.382 e. The standard InChI is InChI=1S/C7H14N2O2Si/c1-2-7(10)9-12(8)6-4-3-5-11-12/h2H,1,3-6,8H2,(H,9,10). The van der Waals surface area contributed by atoms with Crippen LogP contribution in [0.4, 0.5) is 0 Å². The predicted molar refractivity (Wildman–Crippen MR) is 48.3 cm³/mol. The summed E-state index contributed by atoms with van der Waals surface area (Å²) in [6, 6.07) is 0.798. The minimum Gasteiger partial charge on any atom is -0.388 e. The summed E-state index contributed by atoms with van der Waals surface area (Å²) in [4.78, 5) is 13.6. The molecule has 1 rings (SSSR count). The van der Waals surface area contributed by atoms with Gasteiger partial charge in [0.25, 0.3) is 0 Å². The molecule has 1 amide bonds. The van der Waals surface area contributed by atoms with Gasteiger partial charge in [-0.05, 0) is 25.0 Å². The topological polar surface area (TPSA) is 64.4 Å². The first-order chi connectivity index (χ1) is 5.66. The SMILES string of the molecule is C=CC(=O)N[Si]1(N)CCCCO1. The predicted octanol–water partition coefficient (Wildman–Crippen LogP) is -0.00340. The summed E-state index contributed by atoms with van der Waals surface area (Å²) < 4.78 is 5.37. The second kappa shape index (κ2) is 3.84. The molecular formula is C7H14N2O2Si. The molecule has 12 heavy (non-hydrogen) atoms. The first-order valence-corrected chi connectivity index (χ1v) is 6.23. The molecule has 1 heterocycles. The van der Waals surface area contributed by atoms with Crippen LogP contribution in [0, 0.1) is 0 Å². The molecule has 5 heteroatoms. The monoisotopic (exact) mass is 186 g/mol. The Hall–Kier alpha value is -0.653. The summed E-state index contributed by atoms with van der Waals surface area (Å²) in [6.45, 7) is 4.02. The van der Waals surface area contributed by atoms with E-state index in [1.807, 2.05) is 0 Å². The molecule has 0 aliphatic carbocycles. The Bertz CT molecular complexity index is 190. The number of carbonyl (C=O) groups is 1. The highest BCUT2D eigenvalue weighted by Crippen LogP contribution is 2.13. The van der Waals surface area contributed by atoms with E-state index in [9.17, 15) is 4.79 Å². The van der Waals surface area contributed by atoms with E-state index < -0.39 is 8.64 Å². The van der Waals surface area contributed by atoms with Gasteiger partial charge in [0.05, 0.1) is 0 Å². The molecule has 0 radical (unpaired) electrons. The van der Waals surface area contributed by atoms with Gasteiger partial charge in [-0.15, -0.1) is 0 Å². The number of nitrogens with two attached hydrogens (primary N) is 1. The van der Waals surface area contributed by atoms with Crippen molar-refractivity contribution in [3.05, 3.63) is 12.7 Å². The number of nitrogens with one attached hydrogen (secondary N) is 1. The molecular weight excluding hydrogens is 172 g/mol. The third kappa shape index (κ3) is 2.44. The van der Waals surface area contributed by atoms with Gasteiger partial charge >= 0.3 is 8.64 Å². The number of hydrogen-bond acceptors (Lipinski definition) is 3. The van der Waals surface area contributed by atoms with Gasteiger partial charge in [0.2, 0.25) is 5.91 Å². The van der Waals surface area contributed by atoms with Crippen LogP contribution in [-0.2, 0) is 9.22 Å². The van der Waals surface area contributed by atoms with Crippen molar-refractivity contribution in [2.45, 2.75) is 18.9 Å². The van der Waals surface area contributed by atoms with Gasteiger partial charge in [-0.3, -0.25) is 4.79 Å². The molecule has 68 valence electrons. The van der Waals surface area contributed by atoms with E-state index in [1.165, 1.54) is 6.08 Å². The van der Waals surface area contributed by atoms with Crippen molar-refractivity contribution in [3.8, 4) is 0 Å². The molecule has 1 atom stereocenters. The van der Waals surface area contributed by atoms with Crippen molar-refractivity contribution >= 4 is 14.5 Å². The summed E-state index contributed by atoms with van der Waals surface area (Å²) >= 11 is 0. The van der Waals surface area contributed by atoms with Crippen LogP contribution in [0.15, 0.2) is 12.7 Å². The van der Waals surface area contributed by atoms with E-state index in [1.54, 1.807) is 0 Å². The van der Waals surface area contributed by atoms with E-state index in [4.69, 9.17) is 9.83 Å². The first-order valence-electron chi connectivity index (χ1n) is 4.04. The molecule has 1 aliphatic rings. The fraction of sp³-hybridized carbons (Fsp3) is 0.571. The molecule has 1 saturated heterocycles. The van der Waals surface area contributed by atoms with Crippen molar-refractivity contribution in [1.29, 1.82) is 0 Å². The maximum absolute atomic E-state index is 10.9. The third-order valence-electron chi connectivity index (χ3n) is 1.82. The van der Waals surface area contributed by atoms with Gasteiger partial charge in [0.1, 0.15) is 0 Å². The van der Waals surface area contributed by atoms with Crippen molar-refractivity contribution in [2.75, 3.05) is 6.61 Å². The van der Waals surface area contributed by atoms with E-state index in [2.05, 4.69) is 11.6 Å². The van der Waals surface area contributed by atoms with E-state index in [0.717, 1.165) is 18.9 Å². The Morgan fingerprint density at radius 2 is 2.42 bits per heavy atom. The number of hydrogen-bond donors (Lipinski definition) is 2. The summed E-state index contributed by atoms with van der Waals surface area (Å²) in [5.41, 5.74) is 0. The Labute approximate surface area is 73.1 Å². The highest BCUT2D eigenvalue weighted by atomic mass is 28.4. The Morgan fingerprint density at radius 3 is 2.92 bits per heavy atom. The normalized spacial score (nSPS) is 29.4. The van der Waals surface area contributed by atoms with E-state index in [-0.39, 0.29) is 5.91 Å². The van der Waals surface area contributed by atoms with Crippen LogP contribution in [0.2, 0.25) is 6.04 Å². The molecule has 0 aromatic rings. The van der Waals surface area contributed by atoms with Crippen molar-refractivity contribution in [1.82, 2.24) is 4.98 Å². The van der Waals surface area contributed by atoms with Crippen molar-refractivity contribution in [2.24, 2.45) is 5.40 Å². The Morgan fingerprint density at radius 1 is 1.67 bits per heavy atom. The van der Waals surface area contributed by atoms with Crippen LogP contribution >= 0.6 is 0 Å². The quantitative estimate of drug-likeness (QED) is 0.471. The van der Waals surface area contributed by atoms with Crippen LogP contribution in [0.3, 0.4) is 0 Å². The van der Waals surface area contributed by atoms with Crippen LogP contribution in [0.1, 0.15) is 12.8 Å². The molecule has 1 aliphatic heterocycles. The fourth-order valence-corrected chi connectivity index (χ4v) is 3.32. The molecule has 0 bridgehead atoms. The lowest BCUT2D eigenvalue weighted by atomic mass is 10.4. The Balaban J connectivity index is 2.46. The minimum atomic E-state index is -2.39. The highest BCUT2D eigenvalue weighted by Gasteiger charge is 2.35. The lowest BCUT2D eigenvalue weighted by Crippen LogP contribution is -2.64. The highest BCUT2D eigenvalue weighted by molar-refractivity contribution is 6.70. The van der Waals surface area contributed by atoms with Crippen LogP contribution < -0.4 is 10.4 Å². The number of rotatable bonds is 2. The summed E-state index contributed by atoms with van der Waals surface area (Å²) in [6.07, 6.45) is 3.30. The number of carbonyl (C=O) groups excluding carboxylic acids is 1. The lowest BCUT2D eigenvalue weighted by molar-refractivity contribution is -0.115. The third-order valence-corrected chi connectivity index (χ3v) is 4.31. The largest absolute Gasteiger partial charge is 0.388 e. The number of amides is 1. The molecule has 3 N–H and O–H groups in total. The van der Waals surface area contributed by atoms with Crippen molar-refractivity contribution in [3.63, 3.8) is 0 Å². The van der Waals surface area contributed by atoms with E-state index in [0.29, 0.717) is 6.61 Å². The van der Waals surface area contributed by atoms with Gasteiger partial charge in [-0.25, -0.2) is 0 Å². The molecule has 0 aromatic carbocycles. The van der Waals surface area contributed by atoms with Crippen molar-refractivity contribution < 1.29 is 9.22 Å². The van der Waals surface area contributed by atoms with Crippen LogP contribution in [0.25, 0.3) is 0 Å². The zero-order chi connectivity index (χ0) is 9.03.